The lowest BCUT2D eigenvalue weighted by Gasteiger charge is -2.32. The lowest BCUT2D eigenvalue weighted by molar-refractivity contribution is -0.126. The van der Waals surface area contributed by atoms with E-state index in [0.29, 0.717) is 24.2 Å². The molecule has 8 heteroatoms. The number of carbonyl (C=O) groups excluding carboxylic acids is 2. The summed E-state index contributed by atoms with van der Waals surface area (Å²) in [5, 5.41) is 2.95. The number of rotatable bonds is 8. The smallest absolute Gasteiger partial charge is 0.253 e. The highest BCUT2D eigenvalue weighted by molar-refractivity contribution is 7.88. The lowest BCUT2D eigenvalue weighted by Crippen LogP contribution is -2.45. The van der Waals surface area contributed by atoms with Gasteiger partial charge in [-0.25, -0.2) is 13.1 Å². The molecule has 33 heavy (non-hydrogen) atoms. The van der Waals surface area contributed by atoms with E-state index in [9.17, 15) is 18.0 Å². The fourth-order valence-corrected chi connectivity index (χ4v) is 5.55. The zero-order valence-electron chi connectivity index (χ0n) is 19.5. The summed E-state index contributed by atoms with van der Waals surface area (Å²) in [6.45, 7) is 6.80. The van der Waals surface area contributed by atoms with Crippen LogP contribution in [0.25, 0.3) is 0 Å². The highest BCUT2D eigenvalue weighted by atomic mass is 32.2. The molecule has 1 fully saturated rings. The van der Waals surface area contributed by atoms with E-state index in [4.69, 9.17) is 0 Å². The fourth-order valence-electron chi connectivity index (χ4n) is 4.06. The molecule has 1 heterocycles. The average Bonchev–Trinajstić information content (AvgIpc) is 2.77. The van der Waals surface area contributed by atoms with Gasteiger partial charge >= 0.3 is 0 Å². The van der Waals surface area contributed by atoms with E-state index in [0.717, 1.165) is 24.0 Å². The van der Waals surface area contributed by atoms with Gasteiger partial charge in [0.15, 0.2) is 0 Å². The number of benzene rings is 2. The highest BCUT2D eigenvalue weighted by Crippen LogP contribution is 2.20. The number of carbonyl (C=O) groups is 2. The first kappa shape index (κ1) is 24.9. The maximum absolute atomic E-state index is 12.9. The van der Waals surface area contributed by atoms with Crippen molar-refractivity contribution >= 4 is 21.8 Å². The van der Waals surface area contributed by atoms with Gasteiger partial charge in [0.1, 0.15) is 0 Å². The Labute approximate surface area is 196 Å². The van der Waals surface area contributed by atoms with Gasteiger partial charge in [-0.1, -0.05) is 42.0 Å². The Morgan fingerprint density at radius 2 is 1.73 bits per heavy atom. The van der Waals surface area contributed by atoms with Crippen molar-refractivity contribution in [2.45, 2.75) is 52.0 Å². The van der Waals surface area contributed by atoms with Gasteiger partial charge in [-0.2, -0.15) is 0 Å². The normalized spacial score (nSPS) is 16.6. The molecule has 1 saturated heterocycles. The molecule has 2 aromatic carbocycles. The number of hydrogen-bond acceptors (Lipinski definition) is 4. The predicted octanol–water partition coefficient (Wildman–Crippen LogP) is 2.99. The lowest BCUT2D eigenvalue weighted by atomic mass is 9.96. The van der Waals surface area contributed by atoms with Gasteiger partial charge in [0.25, 0.3) is 5.91 Å². The number of likely N-dealkylation sites (tertiary alicyclic amines) is 1. The minimum Gasteiger partial charge on any atom is -0.352 e. The number of amides is 2. The van der Waals surface area contributed by atoms with E-state index in [2.05, 4.69) is 10.0 Å². The van der Waals surface area contributed by atoms with Crippen LogP contribution in [0, 0.1) is 12.8 Å². The minimum atomic E-state index is -3.47. The first-order valence-electron chi connectivity index (χ1n) is 11.3. The van der Waals surface area contributed by atoms with E-state index in [1.165, 1.54) is 0 Å². The molecule has 1 atom stereocenters. The maximum Gasteiger partial charge on any atom is 0.253 e. The number of nitrogens with zero attached hydrogens (tertiary/aromatic N) is 1. The SMILES string of the molecule is Cc1ccc(C(=O)N2CCCC(C(=O)NCc3ccccc3CS(=O)(=O)NC(C)C)C2)cc1. The van der Waals surface area contributed by atoms with E-state index in [1.807, 2.05) is 43.3 Å². The Morgan fingerprint density at radius 1 is 1.06 bits per heavy atom. The number of aryl methyl sites for hydroxylation is 1. The van der Waals surface area contributed by atoms with Crippen molar-refractivity contribution in [3.05, 3.63) is 70.8 Å². The quantitative estimate of drug-likeness (QED) is 0.619. The van der Waals surface area contributed by atoms with Gasteiger partial charge in [0, 0.05) is 31.2 Å². The summed E-state index contributed by atoms with van der Waals surface area (Å²) in [6.07, 6.45) is 1.49. The first-order valence-corrected chi connectivity index (χ1v) is 13.0. The molecule has 2 amide bonds. The van der Waals surface area contributed by atoms with E-state index in [1.54, 1.807) is 30.9 Å². The van der Waals surface area contributed by atoms with Crippen molar-refractivity contribution in [3.8, 4) is 0 Å². The molecule has 0 spiro atoms. The summed E-state index contributed by atoms with van der Waals surface area (Å²) in [4.78, 5) is 27.5. The first-order chi connectivity index (χ1) is 15.6. The van der Waals surface area contributed by atoms with Crippen LogP contribution in [0.5, 0.6) is 0 Å². The Bertz CT molecular complexity index is 1080. The van der Waals surface area contributed by atoms with Crippen molar-refractivity contribution in [1.82, 2.24) is 14.9 Å². The molecule has 1 aliphatic heterocycles. The van der Waals surface area contributed by atoms with Gasteiger partial charge in [0.2, 0.25) is 15.9 Å². The van der Waals surface area contributed by atoms with Gasteiger partial charge in [-0.05, 0) is 56.9 Å². The van der Waals surface area contributed by atoms with Crippen LogP contribution in [0.4, 0.5) is 0 Å². The molecule has 2 aromatic rings. The second-order valence-corrected chi connectivity index (χ2v) is 10.7. The standard InChI is InChI=1S/C25H33N3O4S/c1-18(2)27-33(31,32)17-23-8-5-4-7-21(23)15-26-24(29)22-9-6-14-28(16-22)25(30)20-12-10-19(3)11-13-20/h4-5,7-8,10-13,18,22,27H,6,9,14-17H2,1-3H3,(H,26,29). The third-order valence-corrected chi connectivity index (χ3v) is 7.23. The number of sulfonamides is 1. The summed E-state index contributed by atoms with van der Waals surface area (Å²) in [7, 11) is -3.47. The van der Waals surface area contributed by atoms with Crippen LogP contribution < -0.4 is 10.0 Å². The summed E-state index contributed by atoms with van der Waals surface area (Å²) in [5.41, 5.74) is 3.15. The van der Waals surface area contributed by atoms with Crippen LogP contribution in [0.1, 0.15) is 53.7 Å². The van der Waals surface area contributed by atoms with E-state index >= 15 is 0 Å². The average molecular weight is 472 g/mol. The Balaban J connectivity index is 1.61. The second-order valence-electron chi connectivity index (χ2n) is 8.97. The maximum atomic E-state index is 12.9. The van der Waals surface area contributed by atoms with Crippen LogP contribution in [0.15, 0.2) is 48.5 Å². The molecule has 0 aliphatic carbocycles. The molecule has 1 aliphatic rings. The molecule has 178 valence electrons. The van der Waals surface area contributed by atoms with E-state index < -0.39 is 10.0 Å². The molecule has 2 N–H and O–H groups in total. The van der Waals surface area contributed by atoms with Crippen LogP contribution in [-0.4, -0.2) is 44.3 Å². The zero-order chi connectivity index (χ0) is 24.0. The summed E-state index contributed by atoms with van der Waals surface area (Å²) >= 11 is 0. The van der Waals surface area contributed by atoms with Gasteiger partial charge < -0.3 is 10.2 Å². The molecule has 7 nitrogen and oxygen atoms in total. The van der Waals surface area contributed by atoms with Gasteiger partial charge in [0.05, 0.1) is 11.7 Å². The van der Waals surface area contributed by atoms with E-state index in [-0.39, 0.29) is 36.1 Å². The Morgan fingerprint density at radius 3 is 2.39 bits per heavy atom. The molecule has 0 bridgehead atoms. The molecule has 0 saturated carbocycles. The Kier molecular flexibility index (Phi) is 8.26. The molecular formula is C25H33N3O4S. The largest absolute Gasteiger partial charge is 0.352 e. The van der Waals surface area contributed by atoms with Crippen LogP contribution in [0.3, 0.4) is 0 Å². The third kappa shape index (κ3) is 7.14. The monoisotopic (exact) mass is 471 g/mol. The minimum absolute atomic E-state index is 0.0549. The predicted molar refractivity (Wildman–Crippen MR) is 129 cm³/mol. The summed E-state index contributed by atoms with van der Waals surface area (Å²) in [5.74, 6) is -0.596. The molecule has 1 unspecified atom stereocenters. The van der Waals surface area contributed by atoms with Crippen molar-refractivity contribution < 1.29 is 18.0 Å². The molecule has 3 rings (SSSR count). The summed E-state index contributed by atoms with van der Waals surface area (Å²) in [6, 6.07) is 14.5. The van der Waals surface area contributed by atoms with Crippen molar-refractivity contribution in [1.29, 1.82) is 0 Å². The molecule has 0 aromatic heterocycles. The van der Waals surface area contributed by atoms with Crippen LogP contribution in [-0.2, 0) is 27.1 Å². The van der Waals surface area contributed by atoms with Crippen molar-refractivity contribution in [2.24, 2.45) is 5.92 Å². The zero-order valence-corrected chi connectivity index (χ0v) is 20.3. The highest BCUT2D eigenvalue weighted by Gasteiger charge is 2.29. The number of nitrogens with one attached hydrogen (secondary N) is 2. The van der Waals surface area contributed by atoms with Crippen molar-refractivity contribution in [3.63, 3.8) is 0 Å². The Hall–Kier alpha value is -2.71. The number of hydrogen-bond donors (Lipinski definition) is 2. The van der Waals surface area contributed by atoms with Gasteiger partial charge in [-0.15, -0.1) is 0 Å². The van der Waals surface area contributed by atoms with Gasteiger partial charge in [-0.3, -0.25) is 9.59 Å². The topological polar surface area (TPSA) is 95.6 Å². The summed E-state index contributed by atoms with van der Waals surface area (Å²) < 4.78 is 27.3. The second kappa shape index (κ2) is 10.9. The van der Waals surface area contributed by atoms with Crippen LogP contribution >= 0.6 is 0 Å². The third-order valence-electron chi connectivity index (χ3n) is 5.71. The molecular weight excluding hydrogens is 438 g/mol. The van der Waals surface area contributed by atoms with Crippen LogP contribution in [0.2, 0.25) is 0 Å². The van der Waals surface area contributed by atoms with Crippen molar-refractivity contribution in [2.75, 3.05) is 13.1 Å². The molecule has 0 radical (unpaired) electrons. The number of piperidine rings is 1. The fraction of sp³-hybridized carbons (Fsp3) is 0.440.